The van der Waals surface area contributed by atoms with Gasteiger partial charge in [-0.05, 0) is 38.0 Å². The molecule has 0 aliphatic carbocycles. The van der Waals surface area contributed by atoms with Crippen molar-refractivity contribution < 1.29 is 9.59 Å². The second-order valence-electron chi connectivity index (χ2n) is 5.97. The van der Waals surface area contributed by atoms with Gasteiger partial charge in [0.1, 0.15) is 0 Å². The molecule has 1 aliphatic heterocycles. The fourth-order valence-corrected chi connectivity index (χ4v) is 4.26. The minimum Gasteiger partial charge on any atom is -0.351 e. The number of nitrogens with zero attached hydrogens (tertiary/aromatic N) is 2. The molecular weight excluding hydrogens is 342 g/mol. The first-order chi connectivity index (χ1) is 11.6. The third-order valence-electron chi connectivity index (χ3n) is 4.34. The molecule has 7 heteroatoms. The first kappa shape index (κ1) is 19.3. The summed E-state index contributed by atoms with van der Waals surface area (Å²) >= 11 is 3.23. The first-order valence-electron chi connectivity index (χ1n) is 8.42. The molecule has 0 unspecified atom stereocenters. The molecule has 134 valence electrons. The van der Waals surface area contributed by atoms with E-state index in [2.05, 4.69) is 21.7 Å². The lowest BCUT2D eigenvalue weighted by Gasteiger charge is -2.28. The third-order valence-corrected chi connectivity index (χ3v) is 5.76. The van der Waals surface area contributed by atoms with Crippen molar-refractivity contribution in [1.29, 1.82) is 0 Å². The standard InChI is InChI=1S/C17H27N3O2S2/c1-4-19(5-2)17(22)15-9-13(18-16(21)12-23-3)10-20(15)11-14-7-6-8-24-14/h6-8,13,15H,4-5,9-12H2,1-3H3,(H,18,21)/t13-,15-/m0/s1. The number of carbonyl (C=O) groups is 2. The van der Waals surface area contributed by atoms with Gasteiger partial charge in [-0.1, -0.05) is 6.07 Å². The molecule has 1 aromatic heterocycles. The molecule has 1 saturated heterocycles. The minimum atomic E-state index is -0.147. The van der Waals surface area contributed by atoms with E-state index in [0.29, 0.717) is 12.2 Å². The van der Waals surface area contributed by atoms with E-state index >= 15 is 0 Å². The van der Waals surface area contributed by atoms with Crippen molar-refractivity contribution in [2.75, 3.05) is 31.6 Å². The van der Waals surface area contributed by atoms with Gasteiger partial charge in [0.05, 0.1) is 11.8 Å². The van der Waals surface area contributed by atoms with Crippen LogP contribution in [0.2, 0.25) is 0 Å². The quantitative estimate of drug-likeness (QED) is 0.762. The zero-order chi connectivity index (χ0) is 17.5. The average Bonchev–Trinajstić information content (AvgIpc) is 3.19. The monoisotopic (exact) mass is 369 g/mol. The Morgan fingerprint density at radius 2 is 2.17 bits per heavy atom. The van der Waals surface area contributed by atoms with Crippen molar-refractivity contribution in [2.45, 2.75) is 38.9 Å². The molecule has 2 heterocycles. The normalized spacial score (nSPS) is 21.0. The molecule has 0 spiro atoms. The van der Waals surface area contributed by atoms with Crippen LogP contribution in [-0.4, -0.2) is 65.3 Å². The van der Waals surface area contributed by atoms with Gasteiger partial charge in [0.15, 0.2) is 0 Å². The highest BCUT2D eigenvalue weighted by Gasteiger charge is 2.38. The number of rotatable bonds is 8. The zero-order valence-electron chi connectivity index (χ0n) is 14.7. The van der Waals surface area contributed by atoms with Crippen molar-refractivity contribution in [1.82, 2.24) is 15.1 Å². The van der Waals surface area contributed by atoms with E-state index in [4.69, 9.17) is 0 Å². The van der Waals surface area contributed by atoms with Crippen LogP contribution in [-0.2, 0) is 16.1 Å². The van der Waals surface area contributed by atoms with Gasteiger partial charge in [-0.15, -0.1) is 11.3 Å². The van der Waals surface area contributed by atoms with Gasteiger partial charge in [-0.25, -0.2) is 0 Å². The summed E-state index contributed by atoms with van der Waals surface area (Å²) in [7, 11) is 0. The molecular formula is C17H27N3O2S2. The molecule has 0 aromatic carbocycles. The summed E-state index contributed by atoms with van der Waals surface area (Å²) in [6, 6.07) is 4.04. The maximum absolute atomic E-state index is 12.9. The molecule has 1 N–H and O–H groups in total. The molecule has 24 heavy (non-hydrogen) atoms. The van der Waals surface area contributed by atoms with Crippen LogP contribution in [0.1, 0.15) is 25.1 Å². The number of hydrogen-bond acceptors (Lipinski definition) is 5. The maximum Gasteiger partial charge on any atom is 0.240 e. The highest BCUT2D eigenvalue weighted by atomic mass is 32.2. The summed E-state index contributed by atoms with van der Waals surface area (Å²) in [5.41, 5.74) is 0. The van der Waals surface area contributed by atoms with Gasteiger partial charge in [0.25, 0.3) is 0 Å². The molecule has 5 nitrogen and oxygen atoms in total. The number of carbonyl (C=O) groups excluding carboxylic acids is 2. The molecule has 1 fully saturated rings. The largest absolute Gasteiger partial charge is 0.351 e. The van der Waals surface area contributed by atoms with Gasteiger partial charge in [0, 0.05) is 37.1 Å². The predicted molar refractivity (Wildman–Crippen MR) is 101 cm³/mol. The second kappa shape index (κ2) is 9.44. The zero-order valence-corrected chi connectivity index (χ0v) is 16.3. The van der Waals surface area contributed by atoms with Gasteiger partial charge >= 0.3 is 0 Å². The Balaban J connectivity index is 2.07. The number of likely N-dealkylation sites (tertiary alicyclic amines) is 1. The van der Waals surface area contributed by atoms with E-state index in [1.807, 2.05) is 31.1 Å². The SMILES string of the molecule is CCN(CC)C(=O)[C@@H]1C[C@H](NC(=O)CSC)CN1Cc1cccs1. The Bertz CT molecular complexity index is 532. The van der Waals surface area contributed by atoms with E-state index in [1.54, 1.807) is 11.3 Å². The molecule has 2 rings (SSSR count). The van der Waals surface area contributed by atoms with Crippen LogP contribution >= 0.6 is 23.1 Å². The van der Waals surface area contributed by atoms with Crippen LogP contribution < -0.4 is 5.32 Å². The Morgan fingerprint density at radius 1 is 1.42 bits per heavy atom. The highest BCUT2D eigenvalue weighted by molar-refractivity contribution is 7.99. The molecule has 0 saturated carbocycles. The lowest BCUT2D eigenvalue weighted by molar-refractivity contribution is -0.135. The Kier molecular flexibility index (Phi) is 7.58. The van der Waals surface area contributed by atoms with E-state index in [0.717, 1.165) is 26.2 Å². The van der Waals surface area contributed by atoms with E-state index < -0.39 is 0 Å². The van der Waals surface area contributed by atoms with Crippen LogP contribution in [0.5, 0.6) is 0 Å². The summed E-state index contributed by atoms with van der Waals surface area (Å²) in [4.78, 5) is 30.1. The van der Waals surface area contributed by atoms with Crippen molar-refractivity contribution in [2.24, 2.45) is 0 Å². The van der Waals surface area contributed by atoms with Gasteiger partial charge in [-0.3, -0.25) is 14.5 Å². The molecule has 1 aliphatic rings. The Morgan fingerprint density at radius 3 is 2.75 bits per heavy atom. The molecule has 2 amide bonds. The number of likely N-dealkylation sites (N-methyl/N-ethyl adjacent to an activating group) is 1. The molecule has 1 aromatic rings. The third kappa shape index (κ3) is 4.97. The number of thiophene rings is 1. The lowest BCUT2D eigenvalue weighted by atomic mass is 10.1. The summed E-state index contributed by atoms with van der Waals surface area (Å²) in [5.74, 6) is 0.702. The number of amides is 2. The molecule has 2 atom stereocenters. The summed E-state index contributed by atoms with van der Waals surface area (Å²) in [6.45, 7) is 6.97. The van der Waals surface area contributed by atoms with Crippen LogP contribution in [0.3, 0.4) is 0 Å². The second-order valence-corrected chi connectivity index (χ2v) is 7.87. The minimum absolute atomic E-state index is 0.0501. The summed E-state index contributed by atoms with van der Waals surface area (Å²) in [6.07, 6.45) is 2.62. The fraction of sp³-hybridized carbons (Fsp3) is 0.647. The smallest absolute Gasteiger partial charge is 0.240 e. The van der Waals surface area contributed by atoms with Crippen LogP contribution in [0.25, 0.3) is 0 Å². The van der Waals surface area contributed by atoms with E-state index in [9.17, 15) is 9.59 Å². The highest BCUT2D eigenvalue weighted by Crippen LogP contribution is 2.24. The topological polar surface area (TPSA) is 52.7 Å². The van der Waals surface area contributed by atoms with E-state index in [1.165, 1.54) is 16.6 Å². The van der Waals surface area contributed by atoms with Crippen molar-refractivity contribution in [3.63, 3.8) is 0 Å². The first-order valence-corrected chi connectivity index (χ1v) is 10.7. The molecule has 0 radical (unpaired) electrons. The van der Waals surface area contributed by atoms with Gasteiger partial charge < -0.3 is 10.2 Å². The fourth-order valence-electron chi connectivity index (χ4n) is 3.19. The summed E-state index contributed by atoms with van der Waals surface area (Å²) < 4.78 is 0. The molecule has 0 bridgehead atoms. The maximum atomic E-state index is 12.9. The summed E-state index contributed by atoms with van der Waals surface area (Å²) in [5, 5.41) is 5.14. The Hall–Kier alpha value is -1.05. The predicted octanol–water partition coefficient (Wildman–Crippen LogP) is 2.04. The van der Waals surface area contributed by atoms with Gasteiger partial charge in [0.2, 0.25) is 11.8 Å². The number of nitrogens with one attached hydrogen (secondary N) is 1. The van der Waals surface area contributed by atoms with Crippen LogP contribution in [0, 0.1) is 0 Å². The number of hydrogen-bond donors (Lipinski definition) is 1. The van der Waals surface area contributed by atoms with E-state index in [-0.39, 0.29) is 23.9 Å². The number of thioether (sulfide) groups is 1. The van der Waals surface area contributed by atoms with Crippen LogP contribution in [0.15, 0.2) is 17.5 Å². The average molecular weight is 370 g/mol. The van der Waals surface area contributed by atoms with Gasteiger partial charge in [-0.2, -0.15) is 11.8 Å². The van der Waals surface area contributed by atoms with Crippen LogP contribution in [0.4, 0.5) is 0 Å². The van der Waals surface area contributed by atoms with Crippen molar-refractivity contribution in [3.8, 4) is 0 Å². The Labute approximate surface area is 152 Å². The van der Waals surface area contributed by atoms with Crippen molar-refractivity contribution in [3.05, 3.63) is 22.4 Å². The lowest BCUT2D eigenvalue weighted by Crippen LogP contribution is -2.45. The van der Waals surface area contributed by atoms with Crippen molar-refractivity contribution >= 4 is 34.9 Å².